The fourth-order valence-electron chi connectivity index (χ4n) is 2.51. The Morgan fingerprint density at radius 3 is 2.23 bits per heavy atom. The van der Waals surface area contributed by atoms with Gasteiger partial charge in [0, 0.05) is 12.1 Å². The third-order valence-corrected chi connectivity index (χ3v) is 3.28. The van der Waals surface area contributed by atoms with Gasteiger partial charge in [-0.25, -0.2) is 0 Å². The Balaban J connectivity index is 2.61. The van der Waals surface area contributed by atoms with Crippen LogP contribution in [0.15, 0.2) is 0 Å². The van der Waals surface area contributed by atoms with Gasteiger partial charge in [0.05, 0.1) is 0 Å². The molecule has 0 aromatic heterocycles. The zero-order valence-electron chi connectivity index (χ0n) is 9.71. The minimum atomic E-state index is 0.727. The van der Waals surface area contributed by atoms with Gasteiger partial charge in [0.2, 0.25) is 0 Å². The predicted molar refractivity (Wildman–Crippen MR) is 58.9 cm³/mol. The van der Waals surface area contributed by atoms with E-state index < -0.39 is 0 Å². The second kappa shape index (κ2) is 4.99. The van der Waals surface area contributed by atoms with E-state index in [0.29, 0.717) is 0 Å². The summed E-state index contributed by atoms with van der Waals surface area (Å²) in [5.41, 5.74) is 0. The summed E-state index contributed by atoms with van der Waals surface area (Å²) in [6.45, 7) is 10.7. The highest BCUT2D eigenvalue weighted by Crippen LogP contribution is 2.24. The summed E-state index contributed by atoms with van der Waals surface area (Å²) in [7, 11) is 0. The van der Waals surface area contributed by atoms with Crippen LogP contribution in [0.25, 0.3) is 0 Å². The summed E-state index contributed by atoms with van der Waals surface area (Å²) in [5, 5.41) is 0. The van der Waals surface area contributed by atoms with E-state index in [2.05, 4.69) is 32.6 Å². The maximum absolute atomic E-state index is 2.71. The second-order valence-corrected chi connectivity index (χ2v) is 4.99. The monoisotopic (exact) mass is 183 g/mol. The lowest BCUT2D eigenvalue weighted by Gasteiger charge is -2.36. The molecule has 0 aromatic carbocycles. The molecule has 0 spiro atoms. The summed E-state index contributed by atoms with van der Waals surface area (Å²) >= 11 is 0. The largest absolute Gasteiger partial charge is 0.298 e. The SMILES string of the molecule is CC(C)C1CCCCCN1C(C)C. The first-order valence-corrected chi connectivity index (χ1v) is 5.88. The summed E-state index contributed by atoms with van der Waals surface area (Å²) < 4.78 is 0. The van der Waals surface area contributed by atoms with Crippen LogP contribution in [0.3, 0.4) is 0 Å². The summed E-state index contributed by atoms with van der Waals surface area (Å²) in [4.78, 5) is 2.71. The van der Waals surface area contributed by atoms with Crippen molar-refractivity contribution in [3.63, 3.8) is 0 Å². The Morgan fingerprint density at radius 2 is 1.69 bits per heavy atom. The minimum absolute atomic E-state index is 0.727. The van der Waals surface area contributed by atoms with Gasteiger partial charge in [0.1, 0.15) is 0 Å². The molecule has 1 nitrogen and oxygen atoms in total. The van der Waals surface area contributed by atoms with Crippen LogP contribution in [0.4, 0.5) is 0 Å². The van der Waals surface area contributed by atoms with Crippen LogP contribution in [0.2, 0.25) is 0 Å². The van der Waals surface area contributed by atoms with Crippen molar-refractivity contribution >= 4 is 0 Å². The fraction of sp³-hybridized carbons (Fsp3) is 1.00. The van der Waals surface area contributed by atoms with E-state index in [4.69, 9.17) is 0 Å². The quantitative estimate of drug-likeness (QED) is 0.635. The van der Waals surface area contributed by atoms with Gasteiger partial charge in [0.15, 0.2) is 0 Å². The topological polar surface area (TPSA) is 3.24 Å². The highest BCUT2D eigenvalue weighted by Gasteiger charge is 2.25. The maximum Gasteiger partial charge on any atom is 0.0121 e. The van der Waals surface area contributed by atoms with Crippen molar-refractivity contribution in [1.29, 1.82) is 0 Å². The third-order valence-electron chi connectivity index (χ3n) is 3.28. The van der Waals surface area contributed by atoms with E-state index in [9.17, 15) is 0 Å². The first kappa shape index (κ1) is 11.0. The van der Waals surface area contributed by atoms with Gasteiger partial charge < -0.3 is 0 Å². The van der Waals surface area contributed by atoms with Crippen molar-refractivity contribution in [3.8, 4) is 0 Å². The molecule has 1 fully saturated rings. The van der Waals surface area contributed by atoms with E-state index in [-0.39, 0.29) is 0 Å². The van der Waals surface area contributed by atoms with Gasteiger partial charge in [0.25, 0.3) is 0 Å². The number of hydrogen-bond acceptors (Lipinski definition) is 1. The highest BCUT2D eigenvalue weighted by atomic mass is 15.2. The molecule has 1 heteroatoms. The van der Waals surface area contributed by atoms with Crippen LogP contribution in [-0.2, 0) is 0 Å². The maximum atomic E-state index is 2.71. The smallest absolute Gasteiger partial charge is 0.0121 e. The highest BCUT2D eigenvalue weighted by molar-refractivity contribution is 4.79. The number of rotatable bonds is 2. The first-order chi connectivity index (χ1) is 6.13. The van der Waals surface area contributed by atoms with Gasteiger partial charge in [-0.3, -0.25) is 4.90 Å². The summed E-state index contributed by atoms with van der Waals surface area (Å²) in [6, 6.07) is 1.56. The number of nitrogens with zero attached hydrogens (tertiary/aromatic N) is 1. The Bertz CT molecular complexity index is 124. The van der Waals surface area contributed by atoms with E-state index in [1.165, 1.54) is 32.2 Å². The molecule has 1 saturated heterocycles. The first-order valence-electron chi connectivity index (χ1n) is 5.88. The normalized spacial score (nSPS) is 26.8. The Morgan fingerprint density at radius 1 is 1.00 bits per heavy atom. The van der Waals surface area contributed by atoms with Crippen LogP contribution in [0, 0.1) is 5.92 Å². The molecule has 78 valence electrons. The second-order valence-electron chi connectivity index (χ2n) is 4.99. The molecule has 1 rings (SSSR count). The fourth-order valence-corrected chi connectivity index (χ4v) is 2.51. The average molecular weight is 183 g/mol. The zero-order chi connectivity index (χ0) is 9.84. The van der Waals surface area contributed by atoms with Crippen LogP contribution in [0.1, 0.15) is 53.4 Å². The molecule has 0 aromatic rings. The van der Waals surface area contributed by atoms with E-state index in [1.807, 2.05) is 0 Å². The molecule has 1 atom stereocenters. The van der Waals surface area contributed by atoms with Crippen molar-refractivity contribution in [3.05, 3.63) is 0 Å². The van der Waals surface area contributed by atoms with Crippen LogP contribution < -0.4 is 0 Å². The molecule has 1 aliphatic rings. The van der Waals surface area contributed by atoms with Crippen molar-refractivity contribution in [1.82, 2.24) is 4.90 Å². The van der Waals surface area contributed by atoms with Gasteiger partial charge >= 0.3 is 0 Å². The van der Waals surface area contributed by atoms with Gasteiger partial charge in [-0.1, -0.05) is 26.7 Å². The molecular formula is C12H25N. The van der Waals surface area contributed by atoms with Crippen LogP contribution in [0.5, 0.6) is 0 Å². The zero-order valence-corrected chi connectivity index (χ0v) is 9.71. The molecule has 1 unspecified atom stereocenters. The van der Waals surface area contributed by atoms with Crippen molar-refractivity contribution in [2.24, 2.45) is 5.92 Å². The number of hydrogen-bond donors (Lipinski definition) is 0. The lowest BCUT2D eigenvalue weighted by Crippen LogP contribution is -2.42. The van der Waals surface area contributed by atoms with Gasteiger partial charge in [-0.05, 0) is 39.2 Å². The average Bonchev–Trinajstić information content (AvgIpc) is 2.27. The van der Waals surface area contributed by atoms with Crippen LogP contribution >= 0.6 is 0 Å². The minimum Gasteiger partial charge on any atom is -0.298 e. The molecule has 1 heterocycles. The standard InChI is InChI=1S/C12H25N/c1-10(2)12-8-6-5-7-9-13(12)11(3)4/h10-12H,5-9H2,1-4H3. The molecule has 13 heavy (non-hydrogen) atoms. The van der Waals surface area contributed by atoms with Gasteiger partial charge in [-0.2, -0.15) is 0 Å². The van der Waals surface area contributed by atoms with Crippen molar-refractivity contribution in [2.45, 2.75) is 65.5 Å². The van der Waals surface area contributed by atoms with E-state index >= 15 is 0 Å². The third kappa shape index (κ3) is 2.98. The molecule has 0 saturated carbocycles. The molecule has 0 N–H and O–H groups in total. The predicted octanol–water partition coefficient (Wildman–Crippen LogP) is 3.30. The van der Waals surface area contributed by atoms with E-state index in [1.54, 1.807) is 0 Å². The van der Waals surface area contributed by atoms with Crippen molar-refractivity contribution in [2.75, 3.05) is 6.54 Å². The van der Waals surface area contributed by atoms with Crippen LogP contribution in [-0.4, -0.2) is 23.5 Å². The number of likely N-dealkylation sites (tertiary alicyclic amines) is 1. The molecule has 0 radical (unpaired) electrons. The molecule has 0 aliphatic carbocycles. The molecular weight excluding hydrogens is 158 g/mol. The molecule has 0 amide bonds. The van der Waals surface area contributed by atoms with E-state index in [0.717, 1.165) is 18.0 Å². The Kier molecular flexibility index (Phi) is 4.24. The Hall–Kier alpha value is -0.0400. The lowest BCUT2D eigenvalue weighted by atomic mass is 9.97. The summed E-state index contributed by atoms with van der Waals surface area (Å²) in [6.07, 6.45) is 5.69. The molecule has 1 aliphatic heterocycles. The lowest BCUT2D eigenvalue weighted by molar-refractivity contribution is 0.121. The Labute approximate surface area is 83.5 Å². The van der Waals surface area contributed by atoms with Gasteiger partial charge in [-0.15, -0.1) is 0 Å². The molecule has 0 bridgehead atoms. The summed E-state index contributed by atoms with van der Waals surface area (Å²) in [5.74, 6) is 0.820. The van der Waals surface area contributed by atoms with Crippen molar-refractivity contribution < 1.29 is 0 Å².